The highest BCUT2D eigenvalue weighted by molar-refractivity contribution is 6.31. The summed E-state index contributed by atoms with van der Waals surface area (Å²) in [5.41, 5.74) is 8.66. The summed E-state index contributed by atoms with van der Waals surface area (Å²) in [6.07, 6.45) is 4.01. The molecule has 5 heterocycles. The number of piperidine rings is 1. The second kappa shape index (κ2) is 8.63. The van der Waals surface area contributed by atoms with Crippen molar-refractivity contribution in [1.29, 1.82) is 0 Å². The summed E-state index contributed by atoms with van der Waals surface area (Å²) in [4.78, 5) is 24.8. The number of hydrogen-bond acceptors (Lipinski definition) is 7. The quantitative estimate of drug-likeness (QED) is 0.571. The fourth-order valence-corrected chi connectivity index (χ4v) is 5.18. The van der Waals surface area contributed by atoms with Crippen molar-refractivity contribution in [3.63, 3.8) is 0 Å². The number of fused-ring (bicyclic) bond motifs is 1. The molecule has 9 nitrogen and oxygen atoms in total. The lowest BCUT2D eigenvalue weighted by Gasteiger charge is -2.35. The Morgan fingerprint density at radius 3 is 2.71 bits per heavy atom. The number of ether oxygens (including phenoxy) is 1. The van der Waals surface area contributed by atoms with Crippen molar-refractivity contribution in [1.82, 2.24) is 19.5 Å². The number of nitrogens with zero attached hydrogens (tertiary/aromatic N) is 6. The Bertz CT molecular complexity index is 1240. The topological polar surface area (TPSA) is 92.2 Å². The first-order valence-corrected chi connectivity index (χ1v) is 12.3. The maximum Gasteiger partial charge on any atom is 0.256 e. The maximum absolute atomic E-state index is 13.5. The minimum atomic E-state index is -0.142. The van der Waals surface area contributed by atoms with E-state index >= 15 is 0 Å². The third kappa shape index (κ3) is 3.73. The molecule has 1 amide bonds. The molecule has 0 radical (unpaired) electrons. The van der Waals surface area contributed by atoms with Crippen molar-refractivity contribution < 1.29 is 9.53 Å². The summed E-state index contributed by atoms with van der Waals surface area (Å²) in [5, 5.41) is 5.48. The summed E-state index contributed by atoms with van der Waals surface area (Å²) in [6, 6.07) is 9.03. The molecular weight excluding hydrogens is 454 g/mol. The van der Waals surface area contributed by atoms with E-state index < -0.39 is 0 Å². The number of carbonyl (C=O) groups is 1. The molecule has 3 aromatic rings. The molecule has 0 saturated carbocycles. The van der Waals surface area contributed by atoms with E-state index in [1.807, 2.05) is 15.5 Å². The fraction of sp³-hybridized carbons (Fsp3) is 0.458. The van der Waals surface area contributed by atoms with E-state index in [9.17, 15) is 4.79 Å². The second-order valence-electron chi connectivity index (χ2n) is 9.19. The molecule has 3 aliphatic heterocycles. The van der Waals surface area contributed by atoms with Gasteiger partial charge in [0.25, 0.3) is 5.91 Å². The Kier molecular flexibility index (Phi) is 5.45. The van der Waals surface area contributed by atoms with Crippen molar-refractivity contribution in [2.24, 2.45) is 0 Å². The van der Waals surface area contributed by atoms with Gasteiger partial charge in [0.2, 0.25) is 0 Å². The number of likely N-dealkylation sites (tertiary alicyclic amines) is 1. The highest BCUT2D eigenvalue weighted by Crippen LogP contribution is 2.35. The number of nitrogen functional groups attached to an aromatic ring is 1. The van der Waals surface area contributed by atoms with E-state index in [0.29, 0.717) is 36.2 Å². The van der Waals surface area contributed by atoms with Gasteiger partial charge in [-0.1, -0.05) is 11.6 Å². The van der Waals surface area contributed by atoms with Gasteiger partial charge in [-0.15, -0.1) is 0 Å². The smallest absolute Gasteiger partial charge is 0.256 e. The van der Waals surface area contributed by atoms with Crippen LogP contribution in [0.3, 0.4) is 0 Å². The summed E-state index contributed by atoms with van der Waals surface area (Å²) in [6.45, 7) is 4.75. The molecule has 10 heteroatoms. The molecule has 178 valence electrons. The predicted molar refractivity (Wildman–Crippen MR) is 131 cm³/mol. The van der Waals surface area contributed by atoms with Crippen molar-refractivity contribution in [2.45, 2.75) is 31.7 Å². The molecular formula is C24H28ClN7O2. The minimum Gasteiger partial charge on any atom is -0.398 e. The molecule has 34 heavy (non-hydrogen) atoms. The Morgan fingerprint density at radius 1 is 1.06 bits per heavy atom. The number of nitrogens with two attached hydrogens (primary N) is 1. The summed E-state index contributed by atoms with van der Waals surface area (Å²) in [5.74, 6) is 1.84. The molecule has 0 aliphatic carbocycles. The van der Waals surface area contributed by atoms with Gasteiger partial charge in [-0.25, -0.2) is 4.98 Å². The SMILES string of the molecule is Nc1ccc(Cl)cc1C(=O)N1CCCCC1c1cc2nc(N3CCC3)cc(N3CCOC3)n2n1. The Balaban J connectivity index is 1.40. The van der Waals surface area contributed by atoms with Crippen LogP contribution in [0.25, 0.3) is 5.65 Å². The van der Waals surface area contributed by atoms with Crippen LogP contribution < -0.4 is 15.5 Å². The average molecular weight is 482 g/mol. The zero-order valence-electron chi connectivity index (χ0n) is 19.0. The molecule has 2 N–H and O–H groups in total. The first-order chi connectivity index (χ1) is 16.6. The van der Waals surface area contributed by atoms with Crippen LogP contribution in [0, 0.1) is 0 Å². The summed E-state index contributed by atoms with van der Waals surface area (Å²) >= 11 is 6.17. The highest BCUT2D eigenvalue weighted by Gasteiger charge is 2.32. The van der Waals surface area contributed by atoms with Gasteiger partial charge in [0.05, 0.1) is 23.9 Å². The van der Waals surface area contributed by atoms with Gasteiger partial charge in [0, 0.05) is 49.0 Å². The number of benzene rings is 1. The maximum atomic E-state index is 13.5. The lowest BCUT2D eigenvalue weighted by Crippen LogP contribution is -2.39. The number of aromatic nitrogens is 3. The van der Waals surface area contributed by atoms with Crippen LogP contribution in [0.5, 0.6) is 0 Å². The van der Waals surface area contributed by atoms with Gasteiger partial charge in [0.15, 0.2) is 5.65 Å². The summed E-state index contributed by atoms with van der Waals surface area (Å²) in [7, 11) is 0. The van der Waals surface area contributed by atoms with Crippen LogP contribution in [-0.4, -0.2) is 64.9 Å². The number of hydrogen-bond donors (Lipinski definition) is 1. The molecule has 0 bridgehead atoms. The van der Waals surface area contributed by atoms with Crippen molar-refractivity contribution in [3.8, 4) is 0 Å². The van der Waals surface area contributed by atoms with E-state index in [-0.39, 0.29) is 11.9 Å². The third-order valence-electron chi connectivity index (χ3n) is 7.02. The predicted octanol–water partition coefficient (Wildman–Crippen LogP) is 3.34. The number of amides is 1. The van der Waals surface area contributed by atoms with E-state index in [1.54, 1.807) is 18.2 Å². The monoisotopic (exact) mass is 481 g/mol. The molecule has 6 rings (SSSR count). The number of rotatable bonds is 4. The van der Waals surface area contributed by atoms with Gasteiger partial charge >= 0.3 is 0 Å². The zero-order valence-corrected chi connectivity index (χ0v) is 19.7. The van der Waals surface area contributed by atoms with Gasteiger partial charge in [-0.3, -0.25) is 4.79 Å². The molecule has 0 spiro atoms. The van der Waals surface area contributed by atoms with Crippen LogP contribution in [0.15, 0.2) is 30.3 Å². The lowest BCUT2D eigenvalue weighted by molar-refractivity contribution is 0.0607. The van der Waals surface area contributed by atoms with Gasteiger partial charge < -0.3 is 25.2 Å². The van der Waals surface area contributed by atoms with Crippen molar-refractivity contribution in [2.75, 3.05) is 55.1 Å². The zero-order chi connectivity index (χ0) is 23.2. The standard InChI is InChI=1S/C24H28ClN7O2/c25-16-5-6-18(26)17(12-16)24(33)31-9-2-1-4-20(31)19-13-22-27-21(29-7-3-8-29)14-23(32(22)28-19)30-10-11-34-15-30/h5-6,12-14,20H,1-4,7-11,15,26H2. The van der Waals surface area contributed by atoms with Crippen molar-refractivity contribution >= 4 is 40.5 Å². The molecule has 1 aromatic carbocycles. The van der Waals surface area contributed by atoms with Gasteiger partial charge in [-0.05, 0) is 43.9 Å². The van der Waals surface area contributed by atoms with E-state index in [2.05, 4.69) is 15.9 Å². The second-order valence-corrected chi connectivity index (χ2v) is 9.63. The van der Waals surface area contributed by atoms with Crippen LogP contribution >= 0.6 is 11.6 Å². The Morgan fingerprint density at radius 2 is 1.94 bits per heavy atom. The third-order valence-corrected chi connectivity index (χ3v) is 7.26. The first kappa shape index (κ1) is 21.5. The molecule has 2 aromatic heterocycles. The normalized spacial score (nSPS) is 20.7. The number of halogens is 1. The first-order valence-electron chi connectivity index (χ1n) is 11.9. The number of anilines is 3. The van der Waals surface area contributed by atoms with E-state index in [0.717, 1.165) is 61.9 Å². The van der Waals surface area contributed by atoms with Gasteiger partial charge in [-0.2, -0.15) is 9.61 Å². The average Bonchev–Trinajstić information content (AvgIpc) is 3.49. The fourth-order valence-electron chi connectivity index (χ4n) is 5.00. The van der Waals surface area contributed by atoms with Crippen LogP contribution in [0.4, 0.5) is 17.3 Å². The molecule has 3 fully saturated rings. The van der Waals surface area contributed by atoms with Crippen LogP contribution in [-0.2, 0) is 4.74 Å². The van der Waals surface area contributed by atoms with Crippen LogP contribution in [0.1, 0.15) is 47.8 Å². The lowest BCUT2D eigenvalue weighted by atomic mass is 9.98. The number of carbonyl (C=O) groups excluding carboxylic acids is 1. The molecule has 3 aliphatic rings. The molecule has 3 saturated heterocycles. The Labute approximate surface area is 203 Å². The van der Waals surface area contributed by atoms with Gasteiger partial charge in [0.1, 0.15) is 18.4 Å². The van der Waals surface area contributed by atoms with Crippen molar-refractivity contribution in [3.05, 3.63) is 46.6 Å². The Hall–Kier alpha value is -3.04. The summed E-state index contributed by atoms with van der Waals surface area (Å²) < 4.78 is 7.52. The van der Waals surface area contributed by atoms with Crippen LogP contribution in [0.2, 0.25) is 5.02 Å². The largest absolute Gasteiger partial charge is 0.398 e. The van der Waals surface area contributed by atoms with E-state index in [1.165, 1.54) is 6.42 Å². The molecule has 1 atom stereocenters. The molecule has 1 unspecified atom stereocenters. The van der Waals surface area contributed by atoms with E-state index in [4.69, 9.17) is 32.2 Å². The minimum absolute atomic E-state index is 0.107. The highest BCUT2D eigenvalue weighted by atomic mass is 35.5.